The molecule has 5 rings (SSSR count). The first-order chi connectivity index (χ1) is 14.8. The van der Waals surface area contributed by atoms with Gasteiger partial charge < -0.3 is 4.90 Å². The van der Waals surface area contributed by atoms with Gasteiger partial charge in [-0.2, -0.15) is 0 Å². The van der Waals surface area contributed by atoms with Crippen LogP contribution in [0.2, 0.25) is 5.02 Å². The van der Waals surface area contributed by atoms with Crippen molar-refractivity contribution in [1.82, 2.24) is 4.90 Å². The maximum absolute atomic E-state index is 6.21. The Kier molecular flexibility index (Phi) is 4.60. The summed E-state index contributed by atoms with van der Waals surface area (Å²) in [5, 5.41) is 0.720. The van der Waals surface area contributed by atoms with E-state index in [2.05, 4.69) is 87.2 Å². The van der Waals surface area contributed by atoms with Crippen LogP contribution in [0.25, 0.3) is 11.1 Å². The average molecular weight is 426 g/mol. The van der Waals surface area contributed by atoms with Crippen molar-refractivity contribution in [3.8, 4) is 0 Å². The van der Waals surface area contributed by atoms with Crippen molar-refractivity contribution < 1.29 is 0 Å². The first-order valence-electron chi connectivity index (χ1n) is 10.5. The molecule has 0 spiro atoms. The van der Waals surface area contributed by atoms with Crippen LogP contribution in [0.4, 0.5) is 11.4 Å². The number of amidine groups is 2. The predicted molar refractivity (Wildman–Crippen MR) is 132 cm³/mol. The van der Waals surface area contributed by atoms with Crippen LogP contribution in [0.3, 0.4) is 0 Å². The highest BCUT2D eigenvalue weighted by Gasteiger charge is 2.44. The van der Waals surface area contributed by atoms with Gasteiger partial charge in [-0.25, -0.2) is 9.98 Å². The number of rotatable bonds is 2. The van der Waals surface area contributed by atoms with E-state index < -0.39 is 0 Å². The number of aryl methyl sites for hydroxylation is 1. The molecule has 0 radical (unpaired) electrons. The molecule has 3 nitrogen and oxygen atoms in total. The molecule has 31 heavy (non-hydrogen) atoms. The number of halogens is 1. The highest BCUT2D eigenvalue weighted by Crippen LogP contribution is 2.48. The van der Waals surface area contributed by atoms with Crippen LogP contribution in [0.15, 0.2) is 82.8 Å². The molecule has 4 heteroatoms. The standard InChI is InChI=1S/C27H24ClN3/c1-17-9-15-20(16-10-17)29-25-23(18-11-13-19(28)14-12-18)24-21-7-5-6-8-22(21)30-26(24)31(25)27(2,3)4/h5-16H,1-4H3. The van der Waals surface area contributed by atoms with Crippen molar-refractivity contribution in [2.75, 3.05) is 0 Å². The lowest BCUT2D eigenvalue weighted by Crippen LogP contribution is -2.46. The zero-order chi connectivity index (χ0) is 21.8. The van der Waals surface area contributed by atoms with Crippen LogP contribution in [0, 0.1) is 6.92 Å². The Labute approximate surface area is 188 Å². The van der Waals surface area contributed by atoms with Crippen LogP contribution >= 0.6 is 11.6 Å². The van der Waals surface area contributed by atoms with E-state index in [9.17, 15) is 0 Å². The number of hydrogen-bond donors (Lipinski definition) is 0. The van der Waals surface area contributed by atoms with Gasteiger partial charge in [0.25, 0.3) is 0 Å². The summed E-state index contributed by atoms with van der Waals surface area (Å²) >= 11 is 6.21. The van der Waals surface area contributed by atoms with E-state index in [0.29, 0.717) is 0 Å². The second-order valence-corrected chi connectivity index (χ2v) is 9.42. The van der Waals surface area contributed by atoms with E-state index in [0.717, 1.165) is 50.3 Å². The van der Waals surface area contributed by atoms with Crippen molar-refractivity contribution in [1.29, 1.82) is 0 Å². The molecule has 0 fully saturated rings. The summed E-state index contributed by atoms with van der Waals surface area (Å²) in [7, 11) is 0. The molecular weight excluding hydrogens is 402 g/mol. The van der Waals surface area contributed by atoms with E-state index in [1.54, 1.807) is 0 Å². The highest BCUT2D eigenvalue weighted by atomic mass is 35.5. The molecule has 0 saturated carbocycles. The lowest BCUT2D eigenvalue weighted by Gasteiger charge is -2.34. The first kappa shape index (κ1) is 19.8. The fourth-order valence-corrected chi connectivity index (χ4v) is 4.30. The molecule has 0 aromatic heterocycles. The topological polar surface area (TPSA) is 28.0 Å². The lowest BCUT2D eigenvalue weighted by molar-refractivity contribution is 0.350. The van der Waals surface area contributed by atoms with E-state index in [1.165, 1.54) is 5.56 Å². The minimum absolute atomic E-state index is 0.205. The van der Waals surface area contributed by atoms with Gasteiger partial charge in [0, 0.05) is 27.3 Å². The SMILES string of the molecule is Cc1ccc(N=C2C(c3ccc(Cl)cc3)=C3C(=Nc4ccccc43)N2C(C)(C)C)cc1. The highest BCUT2D eigenvalue weighted by molar-refractivity contribution is 6.53. The number of para-hydroxylation sites is 1. The fourth-order valence-electron chi connectivity index (χ4n) is 4.18. The Morgan fingerprint density at radius 1 is 0.839 bits per heavy atom. The minimum Gasteiger partial charge on any atom is -0.305 e. The Morgan fingerprint density at radius 3 is 2.19 bits per heavy atom. The molecule has 0 bridgehead atoms. The van der Waals surface area contributed by atoms with Crippen LogP contribution in [0.1, 0.15) is 37.5 Å². The van der Waals surface area contributed by atoms with Crippen LogP contribution in [0.5, 0.6) is 0 Å². The molecule has 2 aliphatic heterocycles. The fraction of sp³-hybridized carbons (Fsp3) is 0.185. The van der Waals surface area contributed by atoms with Gasteiger partial charge in [0.2, 0.25) is 0 Å². The monoisotopic (exact) mass is 425 g/mol. The third kappa shape index (κ3) is 3.39. The zero-order valence-corrected chi connectivity index (χ0v) is 18.9. The Morgan fingerprint density at radius 2 is 1.52 bits per heavy atom. The molecule has 0 amide bonds. The summed E-state index contributed by atoms with van der Waals surface area (Å²) in [6.45, 7) is 8.69. The van der Waals surface area contributed by atoms with Crippen molar-refractivity contribution >= 4 is 45.8 Å². The Balaban J connectivity index is 1.82. The van der Waals surface area contributed by atoms with Gasteiger partial charge in [-0.1, -0.05) is 59.6 Å². The second-order valence-electron chi connectivity index (χ2n) is 8.99. The van der Waals surface area contributed by atoms with E-state index in [1.807, 2.05) is 18.2 Å². The molecule has 3 aromatic rings. The van der Waals surface area contributed by atoms with Crippen LogP contribution in [-0.4, -0.2) is 22.1 Å². The van der Waals surface area contributed by atoms with Gasteiger partial charge in [-0.05, 0) is 63.6 Å². The van der Waals surface area contributed by atoms with Crippen molar-refractivity contribution in [2.24, 2.45) is 9.98 Å². The average Bonchev–Trinajstić information content (AvgIpc) is 3.24. The van der Waals surface area contributed by atoms with Crippen LogP contribution < -0.4 is 0 Å². The van der Waals surface area contributed by atoms with E-state index >= 15 is 0 Å². The molecule has 0 saturated heterocycles. The second kappa shape index (κ2) is 7.21. The number of fused-ring (bicyclic) bond motifs is 3. The molecular formula is C27H24ClN3. The quantitative estimate of drug-likeness (QED) is 0.419. The molecule has 154 valence electrons. The first-order valence-corrected chi connectivity index (χ1v) is 10.9. The van der Waals surface area contributed by atoms with Gasteiger partial charge in [0.15, 0.2) is 0 Å². The molecule has 3 aromatic carbocycles. The zero-order valence-electron chi connectivity index (χ0n) is 18.1. The van der Waals surface area contributed by atoms with Crippen LogP contribution in [-0.2, 0) is 0 Å². The summed E-state index contributed by atoms with van der Waals surface area (Å²) in [5.41, 5.74) is 7.40. The Hall–Kier alpha value is -3.17. The summed E-state index contributed by atoms with van der Waals surface area (Å²) in [6, 6.07) is 24.7. The van der Waals surface area contributed by atoms with Gasteiger partial charge in [-0.15, -0.1) is 0 Å². The molecule has 0 aliphatic carbocycles. The molecule has 2 aliphatic rings. The summed E-state index contributed by atoms with van der Waals surface area (Å²) in [5.74, 6) is 1.88. The number of benzene rings is 3. The smallest absolute Gasteiger partial charge is 0.144 e. The van der Waals surface area contributed by atoms with Gasteiger partial charge in [0.1, 0.15) is 11.7 Å². The summed E-state index contributed by atoms with van der Waals surface area (Å²) < 4.78 is 0. The summed E-state index contributed by atoms with van der Waals surface area (Å²) in [4.78, 5) is 12.5. The van der Waals surface area contributed by atoms with Crippen molar-refractivity contribution in [3.63, 3.8) is 0 Å². The van der Waals surface area contributed by atoms with E-state index in [-0.39, 0.29) is 5.54 Å². The Bertz CT molecular complexity index is 1260. The minimum atomic E-state index is -0.205. The number of hydrogen-bond acceptors (Lipinski definition) is 2. The molecule has 0 atom stereocenters. The normalized spacial score (nSPS) is 16.6. The van der Waals surface area contributed by atoms with Gasteiger partial charge >= 0.3 is 0 Å². The van der Waals surface area contributed by atoms with Gasteiger partial charge in [0.05, 0.1) is 11.4 Å². The van der Waals surface area contributed by atoms with E-state index in [4.69, 9.17) is 21.6 Å². The largest absolute Gasteiger partial charge is 0.305 e. The van der Waals surface area contributed by atoms with Gasteiger partial charge in [-0.3, -0.25) is 0 Å². The number of nitrogens with zero attached hydrogens (tertiary/aromatic N) is 3. The predicted octanol–water partition coefficient (Wildman–Crippen LogP) is 7.45. The summed E-state index contributed by atoms with van der Waals surface area (Å²) in [6.07, 6.45) is 0. The number of aliphatic imine (C=N–C) groups is 2. The maximum atomic E-state index is 6.21. The third-order valence-electron chi connectivity index (χ3n) is 5.59. The molecule has 2 heterocycles. The molecule has 0 N–H and O–H groups in total. The third-order valence-corrected chi connectivity index (χ3v) is 5.85. The van der Waals surface area contributed by atoms with Crippen molar-refractivity contribution in [2.45, 2.75) is 33.2 Å². The molecule has 0 unspecified atom stereocenters. The maximum Gasteiger partial charge on any atom is 0.144 e. The van der Waals surface area contributed by atoms with Crippen molar-refractivity contribution in [3.05, 3.63) is 94.5 Å². The lowest BCUT2D eigenvalue weighted by atomic mass is 9.96.